The lowest BCUT2D eigenvalue weighted by Gasteiger charge is -2.35. The lowest BCUT2D eigenvalue weighted by atomic mass is 9.80. The summed E-state index contributed by atoms with van der Waals surface area (Å²) in [5.74, 6) is -3.30. The lowest BCUT2D eigenvalue weighted by molar-refractivity contribution is -0.210. The average Bonchev–Trinajstić information content (AvgIpc) is 3.00. The number of hydrogen-bond acceptors (Lipinski definition) is 7. The number of ether oxygens (including phenoxy) is 4. The third kappa shape index (κ3) is 3.32. The Morgan fingerprint density at radius 3 is 2.67 bits per heavy atom. The van der Waals surface area contributed by atoms with Crippen LogP contribution in [0.1, 0.15) is 40.5 Å². The molecule has 7 heteroatoms. The van der Waals surface area contributed by atoms with Gasteiger partial charge in [0.15, 0.2) is 5.79 Å². The maximum absolute atomic E-state index is 12.3. The number of carbonyl (C=O) groups excluding carboxylic acids is 2. The summed E-state index contributed by atoms with van der Waals surface area (Å²) < 4.78 is 22.9. The Labute approximate surface area is 159 Å². The molecule has 1 N–H and O–H groups in total. The Kier molecular flexibility index (Phi) is 4.99. The molecular formula is C20H28O7. The van der Waals surface area contributed by atoms with Crippen LogP contribution in [0.3, 0.4) is 0 Å². The summed E-state index contributed by atoms with van der Waals surface area (Å²) in [5, 5.41) is 11.1. The molecule has 0 aromatic carbocycles. The van der Waals surface area contributed by atoms with Gasteiger partial charge in [0, 0.05) is 25.5 Å². The molecular weight excluding hydrogens is 352 g/mol. The maximum atomic E-state index is 12.3. The minimum absolute atomic E-state index is 0.236. The zero-order chi connectivity index (χ0) is 20.1. The van der Waals surface area contributed by atoms with Gasteiger partial charge in [0.1, 0.15) is 12.2 Å². The van der Waals surface area contributed by atoms with E-state index in [0.29, 0.717) is 5.57 Å². The molecule has 150 valence electrons. The summed E-state index contributed by atoms with van der Waals surface area (Å²) in [4.78, 5) is 24.5. The molecule has 3 aliphatic rings. The molecule has 6 atom stereocenters. The molecule has 7 nitrogen and oxygen atoms in total. The predicted molar refractivity (Wildman–Crippen MR) is 95.5 cm³/mol. The zero-order valence-corrected chi connectivity index (χ0v) is 16.5. The van der Waals surface area contributed by atoms with E-state index in [2.05, 4.69) is 6.58 Å². The summed E-state index contributed by atoms with van der Waals surface area (Å²) in [6.07, 6.45) is 0.362. The van der Waals surface area contributed by atoms with Crippen LogP contribution in [-0.2, 0) is 28.5 Å². The number of esters is 2. The zero-order valence-electron chi connectivity index (χ0n) is 16.5. The van der Waals surface area contributed by atoms with Gasteiger partial charge in [-0.3, -0.25) is 4.79 Å². The molecule has 2 bridgehead atoms. The molecule has 0 unspecified atom stereocenters. The van der Waals surface area contributed by atoms with Gasteiger partial charge >= 0.3 is 11.9 Å². The first kappa shape index (κ1) is 20.0. The maximum Gasteiger partial charge on any atom is 0.334 e. The van der Waals surface area contributed by atoms with Crippen molar-refractivity contribution in [3.8, 4) is 0 Å². The number of hydrogen-bond donors (Lipinski definition) is 1. The van der Waals surface area contributed by atoms with Crippen LogP contribution in [0.25, 0.3) is 0 Å². The quantitative estimate of drug-likeness (QED) is 0.454. The third-order valence-corrected chi connectivity index (χ3v) is 5.87. The van der Waals surface area contributed by atoms with E-state index in [1.165, 1.54) is 0 Å². The molecule has 27 heavy (non-hydrogen) atoms. The highest BCUT2D eigenvalue weighted by atomic mass is 16.7. The van der Waals surface area contributed by atoms with Gasteiger partial charge in [0.05, 0.1) is 23.5 Å². The van der Waals surface area contributed by atoms with Gasteiger partial charge in [-0.1, -0.05) is 20.4 Å². The first-order chi connectivity index (χ1) is 12.5. The van der Waals surface area contributed by atoms with Crippen molar-refractivity contribution in [3.63, 3.8) is 0 Å². The molecule has 3 heterocycles. The predicted octanol–water partition coefficient (Wildman–Crippen LogP) is 1.88. The number of carbonyl (C=O) groups is 2. The van der Waals surface area contributed by atoms with Gasteiger partial charge < -0.3 is 24.1 Å². The monoisotopic (exact) mass is 380 g/mol. The molecule has 2 fully saturated rings. The number of rotatable bonds is 3. The minimum Gasteiger partial charge on any atom is -0.461 e. The second kappa shape index (κ2) is 6.72. The Morgan fingerprint density at radius 2 is 2.07 bits per heavy atom. The normalized spacial score (nSPS) is 43.3. The van der Waals surface area contributed by atoms with Crippen LogP contribution in [-0.4, -0.2) is 53.9 Å². The summed E-state index contributed by atoms with van der Waals surface area (Å²) >= 11 is 0. The summed E-state index contributed by atoms with van der Waals surface area (Å²) in [6.45, 7) is 10.9. The molecule has 0 aliphatic carbocycles. The first-order valence-corrected chi connectivity index (χ1v) is 9.25. The van der Waals surface area contributed by atoms with E-state index in [4.69, 9.17) is 18.9 Å². The Morgan fingerprint density at radius 1 is 1.41 bits per heavy atom. The van der Waals surface area contributed by atoms with Crippen molar-refractivity contribution in [1.82, 2.24) is 0 Å². The second-order valence-corrected chi connectivity index (χ2v) is 8.23. The van der Waals surface area contributed by atoms with Crippen LogP contribution in [0.4, 0.5) is 0 Å². The Balaban J connectivity index is 2.08. The van der Waals surface area contributed by atoms with E-state index in [1.54, 1.807) is 34.0 Å². The van der Waals surface area contributed by atoms with Crippen LogP contribution in [0, 0.1) is 11.8 Å². The van der Waals surface area contributed by atoms with E-state index in [9.17, 15) is 14.7 Å². The molecule has 0 spiro atoms. The standard InChI is InChI=1S/C20H28O7/c1-10(2)17(21)26-14-8-19(5)15(24-6)9-20(23,27-19)11(3)7-13-16(14)12(4)18(22)25-13/h7,10,13-16,23H,4,8-9H2,1-3,5-6H3/b11-7-/t13-,14-,15-,16+,19+,20+/m1/s1. The lowest BCUT2D eigenvalue weighted by Crippen LogP contribution is -2.45. The van der Waals surface area contributed by atoms with Crippen LogP contribution < -0.4 is 0 Å². The van der Waals surface area contributed by atoms with Crippen LogP contribution >= 0.6 is 0 Å². The molecule has 0 radical (unpaired) electrons. The average molecular weight is 380 g/mol. The van der Waals surface area contributed by atoms with E-state index < -0.39 is 41.6 Å². The summed E-state index contributed by atoms with van der Waals surface area (Å²) in [7, 11) is 1.56. The van der Waals surface area contributed by atoms with E-state index in [-0.39, 0.29) is 30.3 Å². The molecule has 0 aromatic rings. The first-order valence-electron chi connectivity index (χ1n) is 9.25. The topological polar surface area (TPSA) is 91.3 Å². The fraction of sp³-hybridized carbons (Fsp3) is 0.700. The SMILES string of the molecule is C=C1C(=O)O[C@@H]2/C=C(/C)[C@]3(O)C[C@@H](OC)[C@](C)(C[C@@H](OC(=O)C(C)C)[C@@H]12)O3. The Bertz CT molecular complexity index is 696. The summed E-state index contributed by atoms with van der Waals surface area (Å²) in [6, 6.07) is 0. The molecule has 3 rings (SSSR count). The fourth-order valence-corrected chi connectivity index (χ4v) is 4.19. The van der Waals surface area contributed by atoms with Gasteiger partial charge in [-0.05, 0) is 25.5 Å². The Hall–Kier alpha value is -1.70. The highest BCUT2D eigenvalue weighted by Crippen LogP contribution is 2.48. The highest BCUT2D eigenvalue weighted by Gasteiger charge is 2.58. The van der Waals surface area contributed by atoms with Gasteiger partial charge in [-0.2, -0.15) is 0 Å². The fourth-order valence-electron chi connectivity index (χ4n) is 4.19. The van der Waals surface area contributed by atoms with Gasteiger partial charge in [0.2, 0.25) is 0 Å². The van der Waals surface area contributed by atoms with Gasteiger partial charge in [-0.15, -0.1) is 0 Å². The van der Waals surface area contributed by atoms with Crippen molar-refractivity contribution < 1.29 is 33.6 Å². The van der Waals surface area contributed by atoms with E-state index in [0.717, 1.165) is 0 Å². The van der Waals surface area contributed by atoms with Crippen LogP contribution in [0.5, 0.6) is 0 Å². The largest absolute Gasteiger partial charge is 0.461 e. The van der Waals surface area contributed by atoms with Crippen molar-refractivity contribution in [2.24, 2.45) is 11.8 Å². The number of methoxy groups -OCH3 is 1. The molecule has 2 saturated heterocycles. The van der Waals surface area contributed by atoms with Gasteiger partial charge in [-0.25, -0.2) is 4.79 Å². The van der Waals surface area contributed by atoms with E-state index >= 15 is 0 Å². The van der Waals surface area contributed by atoms with Crippen molar-refractivity contribution in [2.75, 3.05) is 7.11 Å². The van der Waals surface area contributed by atoms with Gasteiger partial charge in [0.25, 0.3) is 0 Å². The highest BCUT2D eigenvalue weighted by molar-refractivity contribution is 5.91. The third-order valence-electron chi connectivity index (χ3n) is 5.87. The molecule has 0 saturated carbocycles. The van der Waals surface area contributed by atoms with Crippen LogP contribution in [0.2, 0.25) is 0 Å². The van der Waals surface area contributed by atoms with Crippen molar-refractivity contribution in [3.05, 3.63) is 23.8 Å². The van der Waals surface area contributed by atoms with Crippen molar-refractivity contribution in [1.29, 1.82) is 0 Å². The minimum atomic E-state index is -1.53. The van der Waals surface area contributed by atoms with E-state index in [1.807, 2.05) is 6.92 Å². The number of fused-ring (bicyclic) bond motifs is 3. The van der Waals surface area contributed by atoms with Crippen molar-refractivity contribution in [2.45, 2.75) is 70.2 Å². The number of aliphatic hydroxyl groups is 1. The summed E-state index contributed by atoms with van der Waals surface area (Å²) in [5.41, 5.74) is -0.129. The van der Waals surface area contributed by atoms with Crippen LogP contribution in [0.15, 0.2) is 23.8 Å². The van der Waals surface area contributed by atoms with Crippen molar-refractivity contribution >= 4 is 11.9 Å². The smallest absolute Gasteiger partial charge is 0.334 e. The second-order valence-electron chi connectivity index (χ2n) is 8.23. The molecule has 0 aromatic heterocycles. The molecule has 3 aliphatic heterocycles. The molecule has 0 amide bonds.